The zero-order valence-corrected chi connectivity index (χ0v) is 39.0. The average Bonchev–Trinajstić information content (AvgIpc) is 3.99. The molecule has 0 aliphatic carbocycles. The number of hydrogen-bond donors (Lipinski definition) is 2. The van der Waals surface area contributed by atoms with Gasteiger partial charge in [-0.15, -0.1) is 0 Å². The number of ketones is 1. The Labute approximate surface area is 387 Å². The zero-order valence-electron chi connectivity index (χ0n) is 39.0. The van der Waals surface area contributed by atoms with Crippen molar-refractivity contribution in [3.05, 3.63) is 42.0 Å². The molecule has 1 aromatic rings. The molecule has 66 heavy (non-hydrogen) atoms. The van der Waals surface area contributed by atoms with Gasteiger partial charge in [-0.1, -0.05) is 20.1 Å². The average molecular weight is 924 g/mol. The Morgan fingerprint density at radius 3 is 2.24 bits per heavy atom. The van der Waals surface area contributed by atoms with Gasteiger partial charge in [-0.25, -0.2) is 0 Å². The van der Waals surface area contributed by atoms with Crippen LogP contribution in [0.1, 0.15) is 101 Å². The summed E-state index contributed by atoms with van der Waals surface area (Å²) in [5, 5.41) is 14.3. The lowest BCUT2D eigenvalue weighted by Gasteiger charge is -2.47. The molecule has 10 aliphatic rings. The van der Waals surface area contributed by atoms with Gasteiger partial charge < -0.3 is 67.3 Å². The molecule has 10 fully saturated rings. The first-order valence-electron chi connectivity index (χ1n) is 24.3. The second kappa shape index (κ2) is 19.0. The molecule has 1 spiro atoms. The van der Waals surface area contributed by atoms with Crippen LogP contribution in [0.2, 0.25) is 0 Å². The molecule has 11 rings (SSSR count). The van der Waals surface area contributed by atoms with Gasteiger partial charge in [0.25, 0.3) is 5.91 Å². The number of aliphatic hydroxyl groups is 1. The minimum atomic E-state index is -0.996. The van der Waals surface area contributed by atoms with E-state index in [1.54, 1.807) is 19.2 Å². The molecule has 19 atom stereocenters. The molecule has 10 saturated heterocycles. The van der Waals surface area contributed by atoms with Crippen LogP contribution in [0.5, 0.6) is 17.2 Å². The Balaban J connectivity index is 0.875. The van der Waals surface area contributed by atoms with Crippen LogP contribution in [0, 0.1) is 11.8 Å². The molecule has 16 nitrogen and oxygen atoms in total. The van der Waals surface area contributed by atoms with Crippen molar-refractivity contribution in [3.8, 4) is 17.2 Å². The van der Waals surface area contributed by atoms with Crippen LogP contribution in [0.3, 0.4) is 0 Å². The number of methoxy groups -OCH3 is 4. The SMILES string of the molecule is C=C1C[C@@H]2CC[C@@]34C[C@H]5O[C@@H]6C(O[C@H]7CC[C@H](CC(=O)C[C@@H]8[C@@H](OC)[C@@H](C[C@H](O)CNC(=O)c9cc(OC)c(OC)c(OC)c9)O[C@H]8C[C@H]8O[C@@H](CC[C@@H]1O2)C[C@@H](C)C8=C)O[C@@H]7[C@@H]6O3)[C@H]5O4. The van der Waals surface area contributed by atoms with Crippen molar-refractivity contribution in [1.29, 1.82) is 0 Å². The molecule has 16 heteroatoms. The van der Waals surface area contributed by atoms with Crippen molar-refractivity contribution in [3.63, 3.8) is 0 Å². The number of carbonyl (C=O) groups is 2. The summed E-state index contributed by atoms with van der Waals surface area (Å²) in [6.07, 6.45) is 2.74. The highest BCUT2D eigenvalue weighted by Crippen LogP contribution is 2.54. The highest BCUT2D eigenvalue weighted by Gasteiger charge is 2.69. The largest absolute Gasteiger partial charge is 0.493 e. The van der Waals surface area contributed by atoms with Crippen LogP contribution in [0.4, 0.5) is 0 Å². The first-order chi connectivity index (χ1) is 31.9. The Morgan fingerprint density at radius 2 is 1.48 bits per heavy atom. The third-order valence-electron chi connectivity index (χ3n) is 16.1. The van der Waals surface area contributed by atoms with Crippen LogP contribution < -0.4 is 19.5 Å². The topological polar surface area (TPSA) is 177 Å². The second-order valence-corrected chi connectivity index (χ2v) is 20.3. The molecule has 1 unspecified atom stereocenters. The molecule has 10 aliphatic heterocycles. The van der Waals surface area contributed by atoms with E-state index >= 15 is 0 Å². The van der Waals surface area contributed by atoms with Crippen molar-refractivity contribution in [2.24, 2.45) is 11.8 Å². The number of Topliss-reactive ketones (excluding diaryl/α,β-unsaturated/α-hetero) is 1. The van der Waals surface area contributed by atoms with E-state index in [0.717, 1.165) is 49.7 Å². The van der Waals surface area contributed by atoms with Crippen molar-refractivity contribution in [2.75, 3.05) is 35.0 Å². The lowest BCUT2D eigenvalue weighted by molar-refractivity contribution is -0.292. The summed E-state index contributed by atoms with van der Waals surface area (Å²) in [5.41, 5.74) is 2.39. The van der Waals surface area contributed by atoms with Crippen molar-refractivity contribution in [2.45, 2.75) is 194 Å². The van der Waals surface area contributed by atoms with Gasteiger partial charge in [-0.3, -0.25) is 9.59 Å². The monoisotopic (exact) mass is 923 g/mol. The Kier molecular flexibility index (Phi) is 13.4. The Morgan fingerprint density at radius 1 is 0.773 bits per heavy atom. The number of hydrogen-bond acceptors (Lipinski definition) is 15. The van der Waals surface area contributed by atoms with Gasteiger partial charge in [-0.2, -0.15) is 0 Å². The standard InChI is InChI=1S/C50H69NO15/c1-24-14-30-8-10-34-25(2)15-32(59-34)12-13-50-22-41-45(65-50)46-47(64-41)48(66-50)44-35(63-46)11-9-31(61-44)18-28(52)19-33-37(21-36(60-30)26(24)3)62-40(42(33)57-6)20-29(53)23-51-49(54)27-16-38(55-4)43(58-7)39(17-27)56-5/h16-17,24,29-37,40-42,44-48,53H,2-3,8-15,18-23H2,1,4-7H3,(H,51,54)/t24-,29+,30+,31-,32+,33+,34+,35+,36-,37+,40-,41-,42-,44+,45+,46?,47-,48+,50+/m1/s1. The molecule has 0 radical (unpaired) electrons. The maximum atomic E-state index is 14.4. The quantitative estimate of drug-likeness (QED) is 0.319. The number of amides is 1. The van der Waals surface area contributed by atoms with Crippen LogP contribution in [0.25, 0.3) is 0 Å². The lowest BCUT2D eigenvalue weighted by atomic mass is 9.81. The number of aliphatic hydroxyl groups excluding tert-OH is 1. The van der Waals surface area contributed by atoms with Crippen molar-refractivity contribution >= 4 is 11.7 Å². The number of ether oxygens (including phenoxy) is 12. The van der Waals surface area contributed by atoms with Crippen LogP contribution in [-0.2, 0) is 47.4 Å². The summed E-state index contributed by atoms with van der Waals surface area (Å²) < 4.78 is 76.9. The number of fused-ring (bicyclic) bond motifs is 6. The van der Waals surface area contributed by atoms with Gasteiger partial charge in [0.1, 0.15) is 36.3 Å². The molecule has 1 amide bonds. The fraction of sp³-hybridized carbons (Fsp3) is 0.760. The maximum Gasteiger partial charge on any atom is 0.251 e. The van der Waals surface area contributed by atoms with Gasteiger partial charge in [0.15, 0.2) is 17.3 Å². The smallest absolute Gasteiger partial charge is 0.251 e. The van der Waals surface area contributed by atoms with Crippen LogP contribution >= 0.6 is 0 Å². The van der Waals surface area contributed by atoms with Crippen molar-refractivity contribution < 1.29 is 71.5 Å². The van der Waals surface area contributed by atoms with E-state index in [-0.39, 0.29) is 116 Å². The van der Waals surface area contributed by atoms with E-state index in [0.29, 0.717) is 42.9 Å². The van der Waals surface area contributed by atoms with E-state index < -0.39 is 42.2 Å². The summed E-state index contributed by atoms with van der Waals surface area (Å²) >= 11 is 0. The van der Waals surface area contributed by atoms with Crippen molar-refractivity contribution in [1.82, 2.24) is 5.32 Å². The molecular formula is C50H69NO15. The third kappa shape index (κ3) is 8.86. The van der Waals surface area contributed by atoms with E-state index in [4.69, 9.17) is 56.8 Å². The maximum absolute atomic E-state index is 14.4. The molecular weight excluding hydrogens is 855 g/mol. The molecule has 364 valence electrons. The number of nitrogens with one attached hydrogen (secondary N) is 1. The Bertz CT molecular complexity index is 1970. The first kappa shape index (κ1) is 46.6. The van der Waals surface area contributed by atoms with E-state index in [2.05, 4.69) is 25.4 Å². The third-order valence-corrected chi connectivity index (χ3v) is 16.1. The van der Waals surface area contributed by atoms with Crippen LogP contribution in [-0.4, -0.2) is 155 Å². The van der Waals surface area contributed by atoms with E-state index in [1.807, 2.05) is 0 Å². The normalized spacial score (nSPS) is 43.5. The van der Waals surface area contributed by atoms with Gasteiger partial charge in [0.05, 0.1) is 88.5 Å². The first-order valence-corrected chi connectivity index (χ1v) is 24.3. The summed E-state index contributed by atoms with van der Waals surface area (Å²) in [4.78, 5) is 27.8. The lowest BCUT2D eigenvalue weighted by Crippen LogP contribution is -2.61. The Hall–Kier alpha value is -3.16. The molecule has 12 bridgehead atoms. The van der Waals surface area contributed by atoms with Gasteiger partial charge >= 0.3 is 0 Å². The fourth-order valence-corrected chi connectivity index (χ4v) is 12.8. The van der Waals surface area contributed by atoms with Crippen LogP contribution in [0.15, 0.2) is 36.4 Å². The predicted molar refractivity (Wildman–Crippen MR) is 236 cm³/mol. The summed E-state index contributed by atoms with van der Waals surface area (Å²) in [6, 6.07) is 3.11. The van der Waals surface area contributed by atoms with E-state index in [1.165, 1.54) is 21.3 Å². The summed E-state index contributed by atoms with van der Waals surface area (Å²) in [6.45, 7) is 11.1. The minimum Gasteiger partial charge on any atom is -0.493 e. The molecule has 0 saturated carbocycles. The number of carbonyl (C=O) groups excluding carboxylic acids is 2. The zero-order chi connectivity index (χ0) is 46.0. The molecule has 0 aromatic heterocycles. The highest BCUT2D eigenvalue weighted by atomic mass is 16.8. The predicted octanol–water partition coefficient (Wildman–Crippen LogP) is 4.94. The fourth-order valence-electron chi connectivity index (χ4n) is 12.8. The highest BCUT2D eigenvalue weighted by molar-refractivity contribution is 5.95. The minimum absolute atomic E-state index is 0.0122. The van der Waals surface area contributed by atoms with Gasteiger partial charge in [-0.05, 0) is 74.1 Å². The number of benzene rings is 1. The second-order valence-electron chi connectivity index (χ2n) is 20.3. The number of rotatable bonds is 9. The molecule has 2 N–H and O–H groups in total. The van der Waals surface area contributed by atoms with E-state index in [9.17, 15) is 14.7 Å². The summed E-state index contributed by atoms with van der Waals surface area (Å²) in [7, 11) is 6.07. The van der Waals surface area contributed by atoms with Gasteiger partial charge in [0, 0.05) is 63.7 Å². The summed E-state index contributed by atoms with van der Waals surface area (Å²) in [5.74, 6) is -0.300. The molecule has 10 heterocycles. The molecule has 1 aromatic carbocycles. The van der Waals surface area contributed by atoms with Gasteiger partial charge in [0.2, 0.25) is 5.75 Å².